The second-order valence-electron chi connectivity index (χ2n) is 7.41. The molecule has 2 aliphatic rings. The minimum atomic E-state index is -1.03. The van der Waals surface area contributed by atoms with Crippen LogP contribution in [0.4, 0.5) is 10.6 Å². The summed E-state index contributed by atoms with van der Waals surface area (Å²) in [5.74, 6) is -0.115. The number of rotatable bonds is 2. The lowest BCUT2D eigenvalue weighted by atomic mass is 10.3. The molecule has 2 aliphatic heterocycles. The number of likely N-dealkylation sites (N-methyl/N-ethyl adjacent to an activating group) is 1. The number of nitrogens with zero attached hydrogens (tertiary/aromatic N) is 6. The molecule has 9 nitrogen and oxygen atoms in total. The van der Waals surface area contributed by atoms with Gasteiger partial charge in [-0.3, -0.25) is 14.7 Å². The quantitative estimate of drug-likeness (QED) is 0.709. The largest absolute Gasteiger partial charge is 0.419 e. The molecule has 0 aliphatic carbocycles. The minimum absolute atomic E-state index is 0.147. The van der Waals surface area contributed by atoms with E-state index in [2.05, 4.69) is 29.0 Å². The van der Waals surface area contributed by atoms with Gasteiger partial charge in [-0.25, -0.2) is 19.7 Å². The van der Waals surface area contributed by atoms with Crippen molar-refractivity contribution in [3.63, 3.8) is 0 Å². The first kappa shape index (κ1) is 18.6. The number of aromatic nitrogens is 3. The summed E-state index contributed by atoms with van der Waals surface area (Å²) in [5.41, 5.74) is 0.444. The first-order valence-electron chi connectivity index (χ1n) is 8.89. The summed E-state index contributed by atoms with van der Waals surface area (Å²) >= 11 is 5.91. The van der Waals surface area contributed by atoms with Crippen LogP contribution in [-0.2, 0) is 4.74 Å². The molecule has 0 bridgehead atoms. The molecular formula is C18H20ClN6O3+. The first-order chi connectivity index (χ1) is 13.4. The van der Waals surface area contributed by atoms with Crippen molar-refractivity contribution in [2.75, 3.05) is 45.2 Å². The second-order valence-corrected chi connectivity index (χ2v) is 7.84. The average Bonchev–Trinajstić information content (AvgIpc) is 2.95. The molecule has 0 saturated carbocycles. The van der Waals surface area contributed by atoms with E-state index < -0.39 is 18.2 Å². The van der Waals surface area contributed by atoms with Gasteiger partial charge in [-0.15, -0.1) is 0 Å². The Bertz CT molecular complexity index is 910. The maximum atomic E-state index is 12.9. The van der Waals surface area contributed by atoms with Crippen LogP contribution in [0.25, 0.3) is 0 Å². The number of quaternary nitrogens is 1. The van der Waals surface area contributed by atoms with Crippen molar-refractivity contribution >= 4 is 29.4 Å². The Hall–Kier alpha value is -2.78. The highest BCUT2D eigenvalue weighted by Gasteiger charge is 2.44. The van der Waals surface area contributed by atoms with Crippen LogP contribution < -0.4 is 4.90 Å². The standard InChI is InChI=1S/C18H20ClN6O3/c1-25(2)9-7-23(8-10-25)18(27)28-17-15-14(20-5-6-21-15)16(26)24(17)13-4-3-12(19)11-22-13/h3-6,11,17H,7-10H2,1-2H3/q+1/t17-/m0/s1. The Morgan fingerprint density at radius 3 is 2.57 bits per heavy atom. The number of hydrogen-bond donors (Lipinski definition) is 0. The van der Waals surface area contributed by atoms with Gasteiger partial charge in [0.25, 0.3) is 5.91 Å². The summed E-state index contributed by atoms with van der Waals surface area (Å²) in [6, 6.07) is 3.21. The summed E-state index contributed by atoms with van der Waals surface area (Å²) in [5, 5.41) is 0.437. The molecular weight excluding hydrogens is 384 g/mol. The van der Waals surface area contributed by atoms with Crippen LogP contribution in [0.15, 0.2) is 30.7 Å². The fourth-order valence-corrected chi connectivity index (χ4v) is 3.35. The highest BCUT2D eigenvalue weighted by atomic mass is 35.5. The summed E-state index contributed by atoms with van der Waals surface area (Å²) in [6.07, 6.45) is 2.81. The van der Waals surface area contributed by atoms with E-state index in [1.807, 2.05) is 0 Å². The van der Waals surface area contributed by atoms with E-state index >= 15 is 0 Å². The Labute approximate surface area is 167 Å². The van der Waals surface area contributed by atoms with Gasteiger partial charge < -0.3 is 9.22 Å². The molecule has 1 saturated heterocycles. The molecule has 1 fully saturated rings. The number of amides is 2. The van der Waals surface area contributed by atoms with Crippen LogP contribution in [0.5, 0.6) is 0 Å². The fourth-order valence-electron chi connectivity index (χ4n) is 3.24. The number of pyridine rings is 1. The second kappa shape index (κ2) is 6.99. The van der Waals surface area contributed by atoms with Crippen molar-refractivity contribution in [3.8, 4) is 0 Å². The van der Waals surface area contributed by atoms with Gasteiger partial charge >= 0.3 is 6.09 Å². The lowest BCUT2D eigenvalue weighted by Gasteiger charge is -2.39. The van der Waals surface area contributed by atoms with Crippen molar-refractivity contribution in [1.82, 2.24) is 19.9 Å². The lowest BCUT2D eigenvalue weighted by molar-refractivity contribution is -0.894. The molecule has 0 N–H and O–H groups in total. The van der Waals surface area contributed by atoms with Crippen LogP contribution >= 0.6 is 11.6 Å². The van der Waals surface area contributed by atoms with E-state index in [0.29, 0.717) is 29.6 Å². The van der Waals surface area contributed by atoms with Crippen LogP contribution in [0.2, 0.25) is 5.02 Å². The first-order valence-corrected chi connectivity index (χ1v) is 9.27. The van der Waals surface area contributed by atoms with Gasteiger partial charge in [-0.2, -0.15) is 0 Å². The van der Waals surface area contributed by atoms with Gasteiger partial charge in [-0.1, -0.05) is 11.6 Å². The topological polar surface area (TPSA) is 88.5 Å². The highest BCUT2D eigenvalue weighted by molar-refractivity contribution is 6.30. The maximum Gasteiger partial charge on any atom is 0.412 e. The molecule has 4 rings (SSSR count). The number of anilines is 1. The Morgan fingerprint density at radius 2 is 1.89 bits per heavy atom. The number of ether oxygens (including phenoxy) is 1. The van der Waals surface area contributed by atoms with Crippen molar-refractivity contribution in [2.24, 2.45) is 0 Å². The number of fused-ring (bicyclic) bond motifs is 1. The molecule has 4 heterocycles. The third-order valence-corrected chi connectivity index (χ3v) is 5.22. The van der Waals surface area contributed by atoms with E-state index in [0.717, 1.165) is 17.6 Å². The van der Waals surface area contributed by atoms with Crippen molar-refractivity contribution < 1.29 is 18.8 Å². The molecule has 28 heavy (non-hydrogen) atoms. The third-order valence-electron chi connectivity index (χ3n) is 5.00. The van der Waals surface area contributed by atoms with Crippen LogP contribution in [-0.4, -0.2) is 76.6 Å². The van der Waals surface area contributed by atoms with Crippen molar-refractivity contribution in [1.29, 1.82) is 0 Å². The minimum Gasteiger partial charge on any atom is -0.419 e. The van der Waals surface area contributed by atoms with Gasteiger partial charge in [0.1, 0.15) is 11.5 Å². The molecule has 0 spiro atoms. The predicted molar refractivity (Wildman–Crippen MR) is 101 cm³/mol. The normalized spacial score (nSPS) is 20.8. The maximum absolute atomic E-state index is 12.9. The number of carbonyl (C=O) groups is 2. The van der Waals surface area contributed by atoms with Crippen LogP contribution in [0.3, 0.4) is 0 Å². The zero-order chi connectivity index (χ0) is 19.9. The number of hydrogen-bond acceptors (Lipinski definition) is 6. The molecule has 2 aromatic rings. The number of piperazine rings is 1. The van der Waals surface area contributed by atoms with Gasteiger partial charge in [0.05, 0.1) is 45.3 Å². The summed E-state index contributed by atoms with van der Waals surface area (Å²) < 4.78 is 6.57. The van der Waals surface area contributed by atoms with E-state index in [1.54, 1.807) is 17.0 Å². The Kier molecular flexibility index (Phi) is 4.64. The van der Waals surface area contributed by atoms with E-state index in [9.17, 15) is 9.59 Å². The Balaban J connectivity index is 1.61. The molecule has 146 valence electrons. The molecule has 0 radical (unpaired) electrons. The van der Waals surface area contributed by atoms with Crippen molar-refractivity contribution in [2.45, 2.75) is 6.23 Å². The van der Waals surface area contributed by atoms with E-state index in [4.69, 9.17) is 16.3 Å². The predicted octanol–water partition coefficient (Wildman–Crippen LogP) is 1.71. The molecule has 0 aromatic carbocycles. The Morgan fingerprint density at radius 1 is 1.18 bits per heavy atom. The third kappa shape index (κ3) is 3.38. The lowest BCUT2D eigenvalue weighted by Crippen LogP contribution is -2.56. The van der Waals surface area contributed by atoms with Crippen LogP contribution in [0.1, 0.15) is 22.4 Å². The zero-order valence-electron chi connectivity index (χ0n) is 15.6. The smallest absolute Gasteiger partial charge is 0.412 e. The van der Waals surface area contributed by atoms with Crippen LogP contribution in [0, 0.1) is 0 Å². The summed E-state index contributed by atoms with van der Waals surface area (Å²) in [6.45, 7) is 2.83. The zero-order valence-corrected chi connectivity index (χ0v) is 16.3. The molecule has 10 heteroatoms. The van der Waals surface area contributed by atoms with E-state index in [-0.39, 0.29) is 5.69 Å². The van der Waals surface area contributed by atoms with Gasteiger partial charge in [0.2, 0.25) is 6.23 Å². The molecule has 0 unspecified atom stereocenters. The number of carbonyl (C=O) groups excluding carboxylic acids is 2. The molecule has 2 amide bonds. The summed E-state index contributed by atoms with van der Waals surface area (Å²) in [4.78, 5) is 41.1. The summed E-state index contributed by atoms with van der Waals surface area (Å²) in [7, 11) is 4.25. The van der Waals surface area contributed by atoms with Gasteiger partial charge in [-0.05, 0) is 12.1 Å². The van der Waals surface area contributed by atoms with Crippen molar-refractivity contribution in [3.05, 3.63) is 47.1 Å². The van der Waals surface area contributed by atoms with Gasteiger partial charge in [0.15, 0.2) is 5.69 Å². The molecule has 1 atom stereocenters. The highest BCUT2D eigenvalue weighted by Crippen LogP contribution is 2.35. The van der Waals surface area contributed by atoms with Gasteiger partial charge in [0, 0.05) is 18.6 Å². The van der Waals surface area contributed by atoms with E-state index in [1.165, 1.54) is 23.5 Å². The number of halogens is 1. The fraction of sp³-hybridized carbons (Fsp3) is 0.389. The monoisotopic (exact) mass is 403 g/mol. The average molecular weight is 404 g/mol. The molecule has 2 aromatic heterocycles. The SMILES string of the molecule is C[N+]1(C)CCN(C(=O)O[C@H]2c3nccnc3C(=O)N2c2ccc(Cl)cn2)CC1.